The third-order valence-electron chi connectivity index (χ3n) is 3.55. The SMILES string of the molecule is NC(c1ccccc1Cl)(C(F)F)C1CCC1O. The molecule has 1 aliphatic carbocycles. The van der Waals surface area contributed by atoms with Gasteiger partial charge >= 0.3 is 0 Å². The zero-order valence-corrected chi connectivity index (χ0v) is 9.87. The fraction of sp³-hybridized carbons (Fsp3) is 0.500. The van der Waals surface area contributed by atoms with E-state index in [1.807, 2.05) is 0 Å². The van der Waals surface area contributed by atoms with Crippen LogP contribution in [0.15, 0.2) is 24.3 Å². The van der Waals surface area contributed by atoms with Gasteiger partial charge in [0.1, 0.15) is 5.54 Å². The molecule has 0 radical (unpaired) electrons. The molecule has 1 aromatic rings. The lowest BCUT2D eigenvalue weighted by Crippen LogP contribution is -2.58. The number of alkyl halides is 2. The molecular weight excluding hydrogens is 248 g/mol. The van der Waals surface area contributed by atoms with E-state index in [1.54, 1.807) is 12.1 Å². The highest BCUT2D eigenvalue weighted by molar-refractivity contribution is 6.31. The Balaban J connectivity index is 2.45. The van der Waals surface area contributed by atoms with Gasteiger partial charge in [-0.25, -0.2) is 8.78 Å². The van der Waals surface area contributed by atoms with Crippen LogP contribution in [-0.2, 0) is 5.54 Å². The normalized spacial score (nSPS) is 27.6. The average Bonchev–Trinajstić information content (AvgIpc) is 2.27. The van der Waals surface area contributed by atoms with Crippen molar-refractivity contribution < 1.29 is 13.9 Å². The van der Waals surface area contributed by atoms with Gasteiger partial charge in [-0.15, -0.1) is 0 Å². The van der Waals surface area contributed by atoms with Crippen LogP contribution in [0, 0.1) is 5.92 Å². The van der Waals surface area contributed by atoms with Gasteiger partial charge < -0.3 is 10.8 Å². The van der Waals surface area contributed by atoms with E-state index >= 15 is 0 Å². The molecular formula is C12H14ClF2NO. The summed E-state index contributed by atoms with van der Waals surface area (Å²) >= 11 is 5.93. The molecule has 1 aliphatic rings. The van der Waals surface area contributed by atoms with Crippen LogP contribution < -0.4 is 5.73 Å². The van der Waals surface area contributed by atoms with E-state index in [1.165, 1.54) is 12.1 Å². The molecule has 3 N–H and O–H groups in total. The van der Waals surface area contributed by atoms with Gasteiger partial charge in [0.15, 0.2) is 0 Å². The third kappa shape index (κ3) is 1.94. The Morgan fingerprint density at radius 2 is 2.00 bits per heavy atom. The minimum atomic E-state index is -2.76. The third-order valence-corrected chi connectivity index (χ3v) is 3.88. The molecule has 0 aromatic heterocycles. The first-order valence-electron chi connectivity index (χ1n) is 5.48. The van der Waals surface area contributed by atoms with Crippen LogP contribution in [0.2, 0.25) is 5.02 Å². The number of halogens is 3. The number of aliphatic hydroxyl groups is 1. The summed E-state index contributed by atoms with van der Waals surface area (Å²) in [6, 6.07) is 6.32. The number of hydrogen-bond donors (Lipinski definition) is 2. The van der Waals surface area contributed by atoms with E-state index in [-0.39, 0.29) is 10.6 Å². The Morgan fingerprint density at radius 3 is 2.41 bits per heavy atom. The lowest BCUT2D eigenvalue weighted by atomic mass is 9.66. The minimum Gasteiger partial charge on any atom is -0.393 e. The number of benzene rings is 1. The van der Waals surface area contributed by atoms with Gasteiger partial charge in [-0.3, -0.25) is 0 Å². The van der Waals surface area contributed by atoms with E-state index in [0.29, 0.717) is 12.8 Å². The monoisotopic (exact) mass is 261 g/mol. The Hall–Kier alpha value is -0.710. The molecule has 2 nitrogen and oxygen atoms in total. The van der Waals surface area contributed by atoms with E-state index in [0.717, 1.165) is 0 Å². The molecule has 1 fully saturated rings. The summed E-state index contributed by atoms with van der Waals surface area (Å²) in [5.74, 6) is -0.637. The van der Waals surface area contributed by atoms with Crippen molar-refractivity contribution in [1.29, 1.82) is 0 Å². The first-order chi connectivity index (χ1) is 7.98. The highest BCUT2D eigenvalue weighted by atomic mass is 35.5. The van der Waals surface area contributed by atoms with Crippen molar-refractivity contribution in [1.82, 2.24) is 0 Å². The Labute approximate surface area is 103 Å². The zero-order chi connectivity index (χ0) is 12.6. The molecule has 5 heteroatoms. The highest BCUT2D eigenvalue weighted by Gasteiger charge is 2.52. The van der Waals surface area contributed by atoms with E-state index in [4.69, 9.17) is 17.3 Å². The van der Waals surface area contributed by atoms with Crippen LogP contribution in [-0.4, -0.2) is 17.6 Å². The number of nitrogens with two attached hydrogens (primary N) is 1. The van der Waals surface area contributed by atoms with Gasteiger partial charge in [-0.2, -0.15) is 0 Å². The van der Waals surface area contributed by atoms with Crippen molar-refractivity contribution in [3.63, 3.8) is 0 Å². The van der Waals surface area contributed by atoms with Crippen LogP contribution in [0.1, 0.15) is 18.4 Å². The highest BCUT2D eigenvalue weighted by Crippen LogP contribution is 2.46. The Morgan fingerprint density at radius 1 is 1.35 bits per heavy atom. The molecule has 2 rings (SSSR count). The number of aliphatic hydroxyl groups excluding tert-OH is 1. The molecule has 1 saturated carbocycles. The molecule has 0 amide bonds. The van der Waals surface area contributed by atoms with Crippen molar-refractivity contribution in [2.45, 2.75) is 30.9 Å². The first-order valence-corrected chi connectivity index (χ1v) is 5.85. The molecule has 0 spiro atoms. The van der Waals surface area contributed by atoms with E-state index in [2.05, 4.69) is 0 Å². The summed E-state index contributed by atoms with van der Waals surface area (Å²) in [6.45, 7) is 0. The minimum absolute atomic E-state index is 0.209. The molecule has 0 heterocycles. The fourth-order valence-electron chi connectivity index (χ4n) is 2.33. The van der Waals surface area contributed by atoms with Gasteiger partial charge in [-0.1, -0.05) is 29.8 Å². The van der Waals surface area contributed by atoms with E-state index < -0.39 is 24.0 Å². The van der Waals surface area contributed by atoms with Crippen molar-refractivity contribution in [3.05, 3.63) is 34.9 Å². The standard InChI is InChI=1S/C12H14ClF2NO/c13-9-4-2-1-3-7(9)12(16,11(14)15)8-5-6-10(8)17/h1-4,8,10-11,17H,5-6,16H2. The maximum atomic E-state index is 13.3. The Bertz CT molecular complexity index is 415. The molecule has 3 unspecified atom stereocenters. The van der Waals surface area contributed by atoms with Gasteiger partial charge in [0, 0.05) is 10.9 Å². The predicted molar refractivity (Wildman–Crippen MR) is 62.1 cm³/mol. The largest absolute Gasteiger partial charge is 0.393 e. The van der Waals surface area contributed by atoms with Crippen LogP contribution in [0.4, 0.5) is 8.78 Å². The second kappa shape index (κ2) is 4.52. The molecule has 0 aliphatic heterocycles. The molecule has 3 atom stereocenters. The summed E-state index contributed by atoms with van der Waals surface area (Å²) in [5, 5.41) is 9.81. The quantitative estimate of drug-likeness (QED) is 0.878. The zero-order valence-electron chi connectivity index (χ0n) is 9.11. The summed E-state index contributed by atoms with van der Waals surface area (Å²) in [5.41, 5.74) is 4.21. The topological polar surface area (TPSA) is 46.2 Å². The predicted octanol–water partition coefficient (Wildman–Crippen LogP) is 2.53. The van der Waals surface area contributed by atoms with Crippen LogP contribution in [0.5, 0.6) is 0 Å². The smallest absolute Gasteiger partial charge is 0.260 e. The molecule has 94 valence electrons. The summed E-state index contributed by atoms with van der Waals surface area (Å²) in [7, 11) is 0. The van der Waals surface area contributed by atoms with Crippen LogP contribution in [0.3, 0.4) is 0 Å². The lowest BCUT2D eigenvalue weighted by molar-refractivity contribution is -0.0824. The second-order valence-corrected chi connectivity index (χ2v) is 4.87. The van der Waals surface area contributed by atoms with Gasteiger partial charge in [0.05, 0.1) is 6.10 Å². The molecule has 17 heavy (non-hydrogen) atoms. The first kappa shape index (κ1) is 12.7. The van der Waals surface area contributed by atoms with E-state index in [9.17, 15) is 13.9 Å². The molecule has 1 aromatic carbocycles. The van der Waals surface area contributed by atoms with Gasteiger partial charge in [-0.05, 0) is 24.5 Å². The van der Waals surface area contributed by atoms with Crippen LogP contribution in [0.25, 0.3) is 0 Å². The van der Waals surface area contributed by atoms with Crippen LogP contribution >= 0.6 is 11.6 Å². The number of hydrogen-bond acceptors (Lipinski definition) is 2. The fourth-order valence-corrected chi connectivity index (χ4v) is 2.63. The van der Waals surface area contributed by atoms with Crippen molar-refractivity contribution in [2.24, 2.45) is 11.7 Å². The second-order valence-electron chi connectivity index (χ2n) is 4.46. The summed E-state index contributed by atoms with van der Waals surface area (Å²) in [6.07, 6.45) is -2.53. The number of rotatable bonds is 3. The maximum Gasteiger partial charge on any atom is 0.260 e. The molecule has 0 bridgehead atoms. The van der Waals surface area contributed by atoms with Gasteiger partial charge in [0.25, 0.3) is 6.43 Å². The van der Waals surface area contributed by atoms with Gasteiger partial charge in [0.2, 0.25) is 0 Å². The summed E-state index contributed by atoms with van der Waals surface area (Å²) < 4.78 is 26.6. The Kier molecular flexibility index (Phi) is 3.39. The average molecular weight is 262 g/mol. The lowest BCUT2D eigenvalue weighted by Gasteiger charge is -2.46. The van der Waals surface area contributed by atoms with Crippen molar-refractivity contribution in [2.75, 3.05) is 0 Å². The maximum absolute atomic E-state index is 13.3. The van der Waals surface area contributed by atoms with Crippen molar-refractivity contribution in [3.8, 4) is 0 Å². The summed E-state index contributed by atoms with van der Waals surface area (Å²) in [4.78, 5) is 0. The molecule has 0 saturated heterocycles. The van der Waals surface area contributed by atoms with Crippen molar-refractivity contribution >= 4 is 11.6 Å².